The number of halogens is 3. The van der Waals surface area contributed by atoms with Crippen LogP contribution in [0.4, 0.5) is 20.2 Å². The largest absolute Gasteiger partial charge is 0.417 e. The molecule has 2 aromatic carbocycles. The third kappa shape index (κ3) is 3.86. The number of fused-ring (bicyclic) bond motifs is 1. The molecule has 1 aromatic heterocycles. The lowest BCUT2D eigenvalue weighted by atomic mass is 10.2. The number of rotatable bonds is 2. The summed E-state index contributed by atoms with van der Waals surface area (Å²) in [5.41, 5.74) is 1.33. The highest BCUT2D eigenvalue weighted by molar-refractivity contribution is 6.39. The highest BCUT2D eigenvalue weighted by atomic mass is 35.5. The maximum absolute atomic E-state index is 13.7. The Morgan fingerprint density at radius 3 is 2.40 bits per heavy atom. The second-order valence-corrected chi connectivity index (χ2v) is 7.06. The first-order valence-electron chi connectivity index (χ1n) is 8.94. The van der Waals surface area contributed by atoms with E-state index in [9.17, 15) is 23.2 Å². The van der Waals surface area contributed by atoms with Crippen molar-refractivity contribution in [3.8, 4) is 0 Å². The Hall–Kier alpha value is -3.40. The van der Waals surface area contributed by atoms with E-state index in [2.05, 4.69) is 10.3 Å². The number of hydrogen-bond acceptors (Lipinski definition) is 5. The van der Waals surface area contributed by atoms with Gasteiger partial charge in [-0.1, -0.05) is 11.6 Å². The first kappa shape index (κ1) is 19.9. The lowest BCUT2D eigenvalue weighted by Crippen LogP contribution is -2.51. The first-order valence-corrected chi connectivity index (χ1v) is 9.32. The van der Waals surface area contributed by atoms with Crippen LogP contribution in [0.1, 0.15) is 0 Å². The predicted octanol–water partition coefficient (Wildman–Crippen LogP) is 2.34. The molecule has 0 atom stereocenters. The van der Waals surface area contributed by atoms with Gasteiger partial charge in [0.15, 0.2) is 5.58 Å². The molecular weight excluding hydrogens is 422 g/mol. The van der Waals surface area contributed by atoms with E-state index in [-0.39, 0.29) is 18.7 Å². The molecule has 1 aliphatic rings. The minimum atomic E-state index is -0.861. The third-order valence-electron chi connectivity index (χ3n) is 4.77. The summed E-state index contributed by atoms with van der Waals surface area (Å²) in [6, 6.07) is 6.76. The molecule has 1 fully saturated rings. The highest BCUT2D eigenvalue weighted by Gasteiger charge is 2.27. The van der Waals surface area contributed by atoms with Gasteiger partial charge in [-0.15, -0.1) is 0 Å². The lowest BCUT2D eigenvalue weighted by molar-refractivity contribution is -0.143. The van der Waals surface area contributed by atoms with Crippen molar-refractivity contribution in [2.24, 2.45) is 0 Å². The molecule has 0 spiro atoms. The molecule has 0 aliphatic carbocycles. The molecule has 0 unspecified atom stereocenters. The topological polar surface area (TPSA) is 98.6 Å². The molecule has 30 heavy (non-hydrogen) atoms. The number of anilines is 2. The summed E-state index contributed by atoms with van der Waals surface area (Å²) in [7, 11) is 0. The standard InChI is InChI=1S/C19H15ClF2N4O4/c20-16-12(21)8-11(9-13(16)22)25-3-5-26(6-4-25)18(28)17(27)23-10-1-2-14-15(7-10)30-19(29)24-14/h1-2,7-9H,3-6H2,(H,23,27)(H,24,29). The number of carbonyl (C=O) groups excluding carboxylic acids is 2. The fourth-order valence-corrected chi connectivity index (χ4v) is 3.35. The minimum Gasteiger partial charge on any atom is -0.408 e. The Bertz CT molecular complexity index is 1180. The summed E-state index contributed by atoms with van der Waals surface area (Å²) in [6.45, 7) is 0.980. The van der Waals surface area contributed by atoms with Crippen LogP contribution in [-0.2, 0) is 9.59 Å². The minimum absolute atomic E-state index is 0.198. The van der Waals surface area contributed by atoms with Crippen LogP contribution >= 0.6 is 11.6 Å². The molecule has 1 aliphatic heterocycles. The van der Waals surface area contributed by atoms with Crippen molar-refractivity contribution in [2.45, 2.75) is 0 Å². The molecule has 8 nitrogen and oxygen atoms in total. The number of H-pyrrole nitrogens is 1. The van der Waals surface area contributed by atoms with Gasteiger partial charge in [0.1, 0.15) is 16.7 Å². The van der Waals surface area contributed by atoms with Gasteiger partial charge in [-0.05, 0) is 24.3 Å². The molecule has 0 radical (unpaired) electrons. The summed E-state index contributed by atoms with van der Waals surface area (Å²) < 4.78 is 32.3. The lowest BCUT2D eigenvalue weighted by Gasteiger charge is -2.35. The van der Waals surface area contributed by atoms with Crippen LogP contribution in [0.15, 0.2) is 39.5 Å². The average Bonchev–Trinajstić information content (AvgIpc) is 3.10. The molecule has 4 rings (SSSR count). The van der Waals surface area contributed by atoms with Gasteiger partial charge in [0.2, 0.25) is 0 Å². The molecule has 3 aromatic rings. The van der Waals surface area contributed by atoms with Crippen LogP contribution in [0.5, 0.6) is 0 Å². The van der Waals surface area contributed by atoms with Crippen LogP contribution in [0.25, 0.3) is 11.1 Å². The van der Waals surface area contributed by atoms with E-state index in [1.807, 2.05) is 0 Å². The zero-order valence-electron chi connectivity index (χ0n) is 15.4. The van der Waals surface area contributed by atoms with E-state index >= 15 is 0 Å². The number of carbonyl (C=O) groups is 2. The first-order chi connectivity index (χ1) is 14.3. The van der Waals surface area contributed by atoms with Crippen molar-refractivity contribution in [1.82, 2.24) is 9.88 Å². The Labute approximate surface area is 173 Å². The number of nitrogens with zero attached hydrogens (tertiary/aromatic N) is 2. The van der Waals surface area contributed by atoms with Crippen LogP contribution in [0.3, 0.4) is 0 Å². The van der Waals surface area contributed by atoms with Crippen LogP contribution in [-0.4, -0.2) is 47.9 Å². The summed E-state index contributed by atoms with van der Waals surface area (Å²) >= 11 is 5.50. The van der Waals surface area contributed by atoms with Gasteiger partial charge in [0.05, 0.1) is 5.52 Å². The number of nitrogens with one attached hydrogen (secondary N) is 2. The Morgan fingerprint density at radius 2 is 1.73 bits per heavy atom. The highest BCUT2D eigenvalue weighted by Crippen LogP contribution is 2.26. The summed E-state index contributed by atoms with van der Waals surface area (Å²) in [5, 5.41) is 1.90. The zero-order valence-corrected chi connectivity index (χ0v) is 16.1. The molecular formula is C19H15ClF2N4O4. The van der Waals surface area contributed by atoms with Crippen LogP contribution in [0.2, 0.25) is 5.02 Å². The second-order valence-electron chi connectivity index (χ2n) is 6.68. The van der Waals surface area contributed by atoms with E-state index in [0.29, 0.717) is 30.0 Å². The normalized spacial score (nSPS) is 14.2. The second kappa shape index (κ2) is 7.79. The number of amides is 2. The molecule has 11 heteroatoms. The molecule has 2 amide bonds. The maximum atomic E-state index is 13.7. The van der Waals surface area contributed by atoms with E-state index in [4.69, 9.17) is 16.0 Å². The van der Waals surface area contributed by atoms with Crippen molar-refractivity contribution in [2.75, 3.05) is 36.4 Å². The van der Waals surface area contributed by atoms with Crippen molar-refractivity contribution in [1.29, 1.82) is 0 Å². The molecule has 2 heterocycles. The smallest absolute Gasteiger partial charge is 0.408 e. The Balaban J connectivity index is 1.38. The zero-order chi connectivity index (χ0) is 21.4. The predicted molar refractivity (Wildman–Crippen MR) is 106 cm³/mol. The number of aromatic nitrogens is 1. The molecule has 0 bridgehead atoms. The van der Waals surface area contributed by atoms with E-state index < -0.39 is 34.2 Å². The summed E-state index contributed by atoms with van der Waals surface area (Å²) in [4.78, 5) is 41.5. The average molecular weight is 437 g/mol. The Morgan fingerprint density at radius 1 is 1.07 bits per heavy atom. The van der Waals surface area contributed by atoms with Crippen LogP contribution < -0.4 is 16.0 Å². The fourth-order valence-electron chi connectivity index (χ4n) is 3.24. The van der Waals surface area contributed by atoms with E-state index in [1.54, 1.807) is 11.0 Å². The number of oxazole rings is 1. The summed E-state index contributed by atoms with van der Waals surface area (Å²) in [6.07, 6.45) is 0. The maximum Gasteiger partial charge on any atom is 0.417 e. The SMILES string of the molecule is O=C(Nc1ccc2[nH]c(=O)oc2c1)C(=O)N1CCN(c2cc(F)c(Cl)c(F)c2)CC1. The third-order valence-corrected chi connectivity index (χ3v) is 5.13. The van der Waals surface area contributed by atoms with Gasteiger partial charge in [-0.2, -0.15) is 0 Å². The van der Waals surface area contributed by atoms with Gasteiger partial charge in [-0.25, -0.2) is 13.6 Å². The molecule has 156 valence electrons. The summed E-state index contributed by atoms with van der Waals surface area (Å²) in [5.74, 6) is -3.93. The van der Waals surface area contributed by atoms with Crippen molar-refractivity contribution >= 4 is 45.9 Å². The number of hydrogen-bond donors (Lipinski definition) is 2. The van der Waals surface area contributed by atoms with Gasteiger partial charge in [0.25, 0.3) is 0 Å². The van der Waals surface area contributed by atoms with Gasteiger partial charge in [0, 0.05) is 43.6 Å². The number of benzene rings is 2. The molecule has 2 N–H and O–H groups in total. The van der Waals surface area contributed by atoms with Gasteiger partial charge >= 0.3 is 17.6 Å². The number of piperazine rings is 1. The van der Waals surface area contributed by atoms with Crippen molar-refractivity contribution in [3.63, 3.8) is 0 Å². The Kier molecular flexibility index (Phi) is 5.17. The van der Waals surface area contributed by atoms with Crippen molar-refractivity contribution < 1.29 is 22.8 Å². The number of aromatic amines is 1. The van der Waals surface area contributed by atoms with Gasteiger partial charge < -0.3 is 19.5 Å². The fraction of sp³-hybridized carbons (Fsp3) is 0.211. The van der Waals surface area contributed by atoms with Gasteiger partial charge in [-0.3, -0.25) is 14.6 Å². The monoisotopic (exact) mass is 436 g/mol. The van der Waals surface area contributed by atoms with E-state index in [1.165, 1.54) is 17.0 Å². The molecule has 1 saturated heterocycles. The van der Waals surface area contributed by atoms with Crippen LogP contribution in [0, 0.1) is 11.6 Å². The van der Waals surface area contributed by atoms with Crippen molar-refractivity contribution in [3.05, 3.63) is 57.5 Å². The van der Waals surface area contributed by atoms with E-state index in [0.717, 1.165) is 12.1 Å². The quantitative estimate of drug-likeness (QED) is 0.474. The molecule has 0 saturated carbocycles.